The lowest BCUT2D eigenvalue weighted by Gasteiger charge is -2.24. The highest BCUT2D eigenvalue weighted by molar-refractivity contribution is 5.98. The molecule has 1 fully saturated rings. The fourth-order valence-electron chi connectivity index (χ4n) is 4.82. The maximum atomic E-state index is 16.1. The number of carbonyl (C=O) groups is 1. The molecule has 5 aromatic heterocycles. The molecule has 1 aromatic carbocycles. The molecule has 0 bridgehead atoms. The molecule has 1 saturated carbocycles. The summed E-state index contributed by atoms with van der Waals surface area (Å²) in [4.78, 5) is 33.1. The van der Waals surface area contributed by atoms with Gasteiger partial charge in [-0.25, -0.2) is 14.4 Å². The quantitative estimate of drug-likeness (QED) is 0.285. The summed E-state index contributed by atoms with van der Waals surface area (Å²) in [5.41, 5.74) is 5.31. The Morgan fingerprint density at radius 2 is 1.89 bits per heavy atom. The summed E-state index contributed by atoms with van der Waals surface area (Å²) in [6.45, 7) is 0. The number of fused-ring (bicyclic) bond motifs is 2. The van der Waals surface area contributed by atoms with Crippen molar-refractivity contribution in [3.8, 4) is 33.8 Å². The molecular formula is C28H21FN8O. The van der Waals surface area contributed by atoms with Crippen LogP contribution in [-0.2, 0) is 4.79 Å². The Morgan fingerprint density at radius 3 is 2.71 bits per heavy atom. The normalized spacial score (nSPS) is 13.6. The number of hydrogen-bond acceptors (Lipinski definition) is 6. The number of aromatic amines is 2. The number of pyridine rings is 3. The summed E-state index contributed by atoms with van der Waals surface area (Å²) in [6, 6.07) is 10.9. The highest BCUT2D eigenvalue weighted by Gasteiger charge is 2.25. The molecule has 1 amide bonds. The molecule has 38 heavy (non-hydrogen) atoms. The van der Waals surface area contributed by atoms with Crippen LogP contribution in [0.1, 0.15) is 19.3 Å². The van der Waals surface area contributed by atoms with Crippen molar-refractivity contribution in [2.75, 3.05) is 5.32 Å². The first-order valence-electron chi connectivity index (χ1n) is 12.3. The molecule has 10 heteroatoms. The second kappa shape index (κ2) is 8.84. The van der Waals surface area contributed by atoms with Gasteiger partial charge in [-0.05, 0) is 43.2 Å². The lowest BCUT2D eigenvalue weighted by atomic mass is 9.85. The second-order valence-corrected chi connectivity index (χ2v) is 9.39. The summed E-state index contributed by atoms with van der Waals surface area (Å²) < 4.78 is 16.1. The van der Waals surface area contributed by atoms with Crippen LogP contribution in [0.4, 0.5) is 10.1 Å². The van der Waals surface area contributed by atoms with Gasteiger partial charge in [-0.3, -0.25) is 19.9 Å². The number of nitrogens with zero attached hydrogens (tertiary/aromatic N) is 5. The summed E-state index contributed by atoms with van der Waals surface area (Å²) >= 11 is 0. The van der Waals surface area contributed by atoms with E-state index < -0.39 is 5.82 Å². The van der Waals surface area contributed by atoms with Gasteiger partial charge >= 0.3 is 0 Å². The maximum absolute atomic E-state index is 16.1. The Labute approximate surface area is 215 Å². The number of hydrogen-bond donors (Lipinski definition) is 3. The first-order chi connectivity index (χ1) is 18.7. The van der Waals surface area contributed by atoms with Crippen LogP contribution in [0.15, 0.2) is 67.4 Å². The van der Waals surface area contributed by atoms with Crippen molar-refractivity contribution < 1.29 is 9.18 Å². The second-order valence-electron chi connectivity index (χ2n) is 9.39. The van der Waals surface area contributed by atoms with E-state index in [4.69, 9.17) is 0 Å². The van der Waals surface area contributed by atoms with Crippen LogP contribution in [0.25, 0.3) is 55.8 Å². The van der Waals surface area contributed by atoms with Gasteiger partial charge in [-0.15, -0.1) is 0 Å². The van der Waals surface area contributed by atoms with Crippen LogP contribution < -0.4 is 5.32 Å². The van der Waals surface area contributed by atoms with Gasteiger partial charge in [-0.1, -0.05) is 12.5 Å². The van der Waals surface area contributed by atoms with E-state index in [1.54, 1.807) is 49.2 Å². The van der Waals surface area contributed by atoms with Gasteiger partial charge in [0.25, 0.3) is 0 Å². The molecule has 0 unspecified atom stereocenters. The molecule has 9 nitrogen and oxygen atoms in total. The van der Waals surface area contributed by atoms with Crippen LogP contribution in [-0.4, -0.2) is 41.0 Å². The molecule has 7 rings (SSSR count). The Hall–Kier alpha value is -4.99. The third-order valence-corrected chi connectivity index (χ3v) is 7.05. The molecule has 0 atom stereocenters. The van der Waals surface area contributed by atoms with Crippen molar-refractivity contribution in [1.82, 2.24) is 35.1 Å². The smallest absolute Gasteiger partial charge is 0.227 e. The van der Waals surface area contributed by atoms with Crippen molar-refractivity contribution in [3.63, 3.8) is 0 Å². The molecule has 0 saturated heterocycles. The third kappa shape index (κ3) is 3.69. The average molecular weight is 505 g/mol. The zero-order chi connectivity index (χ0) is 25.6. The van der Waals surface area contributed by atoms with E-state index in [1.165, 1.54) is 0 Å². The molecule has 0 radical (unpaired) electrons. The Kier molecular flexibility index (Phi) is 5.17. The van der Waals surface area contributed by atoms with Crippen LogP contribution in [0, 0.1) is 11.7 Å². The van der Waals surface area contributed by atoms with Gasteiger partial charge < -0.3 is 10.3 Å². The van der Waals surface area contributed by atoms with Crippen molar-refractivity contribution in [3.05, 3.63) is 73.2 Å². The minimum Gasteiger partial charge on any atom is -0.335 e. The topological polar surface area (TPSA) is 125 Å². The minimum absolute atomic E-state index is 0.0209. The highest BCUT2D eigenvalue weighted by atomic mass is 19.1. The van der Waals surface area contributed by atoms with E-state index in [1.807, 2.05) is 18.2 Å². The number of H-pyrrole nitrogens is 2. The van der Waals surface area contributed by atoms with Gasteiger partial charge in [0.2, 0.25) is 5.91 Å². The monoisotopic (exact) mass is 504 g/mol. The number of imidazole rings is 1. The molecule has 6 aromatic rings. The van der Waals surface area contributed by atoms with Crippen molar-refractivity contribution in [1.29, 1.82) is 0 Å². The molecule has 1 aliphatic carbocycles. The fraction of sp³-hybridized carbons (Fsp3) is 0.143. The van der Waals surface area contributed by atoms with E-state index in [2.05, 4.69) is 40.4 Å². The van der Waals surface area contributed by atoms with E-state index >= 15 is 4.39 Å². The maximum Gasteiger partial charge on any atom is 0.227 e. The molecule has 186 valence electrons. The predicted molar refractivity (Wildman–Crippen MR) is 141 cm³/mol. The van der Waals surface area contributed by atoms with Crippen LogP contribution in [0.2, 0.25) is 0 Å². The predicted octanol–water partition coefficient (Wildman–Crippen LogP) is 5.50. The number of aromatic nitrogens is 7. The minimum atomic E-state index is -0.462. The fourth-order valence-corrected chi connectivity index (χ4v) is 4.82. The largest absolute Gasteiger partial charge is 0.335 e. The van der Waals surface area contributed by atoms with Gasteiger partial charge in [0.05, 0.1) is 28.3 Å². The third-order valence-electron chi connectivity index (χ3n) is 7.05. The molecule has 0 aliphatic heterocycles. The number of anilines is 1. The zero-order valence-electron chi connectivity index (χ0n) is 20.1. The van der Waals surface area contributed by atoms with E-state index in [-0.39, 0.29) is 11.8 Å². The van der Waals surface area contributed by atoms with Gasteiger partial charge in [0.1, 0.15) is 11.5 Å². The SMILES string of the molecule is O=C(Nc1cncc(-c2ccc3[nH]nc(-c4nc5nccc(-c6cccnc6)c5[nH]4)c3c2F)c1)C1CCC1. The van der Waals surface area contributed by atoms with Gasteiger partial charge in [-0.2, -0.15) is 5.10 Å². The molecule has 0 spiro atoms. The van der Waals surface area contributed by atoms with Crippen LogP contribution >= 0.6 is 0 Å². The lowest BCUT2D eigenvalue weighted by Crippen LogP contribution is -2.28. The molecule has 3 N–H and O–H groups in total. The highest BCUT2D eigenvalue weighted by Crippen LogP contribution is 2.35. The number of benzene rings is 1. The molecule has 5 heterocycles. The first kappa shape index (κ1) is 22.2. The van der Waals surface area contributed by atoms with E-state index in [0.29, 0.717) is 50.4 Å². The standard InChI is InChI=1S/C28H21FN8O/c29-23-19(17-11-18(14-31-13-17)33-28(38)15-3-1-4-15)6-7-21-22(23)25(37-36-21)27-34-24-20(8-10-32-26(24)35-27)16-5-2-9-30-12-16/h2,5-15H,1,3-4H2,(H,33,38)(H,36,37)(H,32,34,35). The van der Waals surface area contributed by atoms with Crippen molar-refractivity contribution in [2.24, 2.45) is 5.92 Å². The van der Waals surface area contributed by atoms with Crippen LogP contribution in [0.3, 0.4) is 0 Å². The molecule has 1 aliphatic rings. The number of nitrogens with one attached hydrogen (secondary N) is 3. The summed E-state index contributed by atoms with van der Waals surface area (Å²) in [5, 5.41) is 10.5. The number of halogens is 1. The molecular weight excluding hydrogens is 483 g/mol. The average Bonchev–Trinajstić information content (AvgIpc) is 3.53. The van der Waals surface area contributed by atoms with Crippen molar-refractivity contribution in [2.45, 2.75) is 19.3 Å². The van der Waals surface area contributed by atoms with Gasteiger partial charge in [0.15, 0.2) is 11.5 Å². The summed E-state index contributed by atoms with van der Waals surface area (Å²) in [7, 11) is 0. The van der Waals surface area contributed by atoms with E-state index in [9.17, 15) is 4.79 Å². The Bertz CT molecular complexity index is 1820. The summed E-state index contributed by atoms with van der Waals surface area (Å²) in [5.74, 6) is -0.0493. The zero-order valence-corrected chi connectivity index (χ0v) is 20.1. The number of rotatable bonds is 5. The lowest BCUT2D eigenvalue weighted by molar-refractivity contribution is -0.122. The first-order valence-corrected chi connectivity index (χ1v) is 12.3. The Morgan fingerprint density at radius 1 is 1.00 bits per heavy atom. The number of carbonyl (C=O) groups excluding carboxylic acids is 1. The van der Waals surface area contributed by atoms with Gasteiger partial charge in [0, 0.05) is 53.0 Å². The summed E-state index contributed by atoms with van der Waals surface area (Å²) in [6.07, 6.45) is 11.2. The number of amides is 1. The van der Waals surface area contributed by atoms with Crippen LogP contribution in [0.5, 0.6) is 0 Å². The Balaban J connectivity index is 1.30. The van der Waals surface area contributed by atoms with Crippen molar-refractivity contribution >= 4 is 33.7 Å². The van der Waals surface area contributed by atoms with E-state index in [0.717, 1.165) is 30.4 Å².